The summed E-state index contributed by atoms with van der Waals surface area (Å²) in [4.78, 5) is 26.0. The van der Waals surface area contributed by atoms with Crippen molar-refractivity contribution in [2.45, 2.75) is 12.8 Å². The van der Waals surface area contributed by atoms with Crippen LogP contribution in [0, 0.1) is 0 Å². The van der Waals surface area contributed by atoms with Crippen molar-refractivity contribution in [1.82, 2.24) is 4.98 Å². The van der Waals surface area contributed by atoms with Gasteiger partial charge in [0.2, 0.25) is 5.91 Å². The summed E-state index contributed by atoms with van der Waals surface area (Å²) in [5, 5.41) is 11.6. The number of nitrogens with one attached hydrogen (secondary N) is 1. The monoisotopic (exact) mass is 328 g/mol. The van der Waals surface area contributed by atoms with Gasteiger partial charge in [-0.3, -0.25) is 9.59 Å². The lowest BCUT2D eigenvalue weighted by molar-refractivity contribution is -0.138. The molecule has 1 amide bonds. The van der Waals surface area contributed by atoms with Crippen molar-refractivity contribution in [3.63, 3.8) is 0 Å². The van der Waals surface area contributed by atoms with E-state index in [9.17, 15) is 9.59 Å². The van der Waals surface area contributed by atoms with Crippen LogP contribution in [0.1, 0.15) is 12.8 Å². The van der Waals surface area contributed by atoms with E-state index in [2.05, 4.69) is 26.2 Å². The Morgan fingerprint density at radius 1 is 1.39 bits per heavy atom. The fourth-order valence-electron chi connectivity index (χ4n) is 1.35. The van der Waals surface area contributed by atoms with Crippen molar-refractivity contribution in [2.75, 3.05) is 5.32 Å². The number of halogens is 1. The van der Waals surface area contributed by atoms with E-state index in [1.54, 1.807) is 0 Å². The van der Waals surface area contributed by atoms with Gasteiger partial charge >= 0.3 is 5.97 Å². The highest BCUT2D eigenvalue weighted by atomic mass is 79.9. The maximum atomic E-state index is 11.4. The summed E-state index contributed by atoms with van der Waals surface area (Å²) < 4.78 is 1.90. The van der Waals surface area contributed by atoms with Crippen LogP contribution in [0.25, 0.3) is 10.2 Å². The van der Waals surface area contributed by atoms with Crippen LogP contribution in [0.2, 0.25) is 0 Å². The summed E-state index contributed by atoms with van der Waals surface area (Å²) in [7, 11) is 0. The molecule has 0 radical (unpaired) electrons. The third-order valence-corrected chi connectivity index (χ3v) is 3.59. The van der Waals surface area contributed by atoms with Gasteiger partial charge < -0.3 is 10.4 Å². The zero-order valence-corrected chi connectivity index (χ0v) is 11.5. The molecule has 5 nitrogen and oxygen atoms in total. The molecule has 18 heavy (non-hydrogen) atoms. The summed E-state index contributed by atoms with van der Waals surface area (Å²) in [6, 6.07) is 5.64. The van der Waals surface area contributed by atoms with Gasteiger partial charge in [-0.25, -0.2) is 4.98 Å². The lowest BCUT2D eigenvalue weighted by Crippen LogP contribution is -2.12. The topological polar surface area (TPSA) is 79.3 Å². The number of aliphatic carboxylic acids is 1. The number of thiazole rings is 1. The van der Waals surface area contributed by atoms with E-state index in [0.29, 0.717) is 5.13 Å². The Morgan fingerprint density at radius 3 is 2.89 bits per heavy atom. The normalized spacial score (nSPS) is 10.5. The zero-order chi connectivity index (χ0) is 13.1. The molecule has 1 aromatic carbocycles. The zero-order valence-electron chi connectivity index (χ0n) is 9.14. The number of carbonyl (C=O) groups excluding carboxylic acids is 1. The molecule has 0 unspecified atom stereocenters. The van der Waals surface area contributed by atoms with Gasteiger partial charge in [0, 0.05) is 10.9 Å². The number of aromatic nitrogens is 1. The first-order valence-corrected chi connectivity index (χ1v) is 6.73. The molecule has 0 aliphatic heterocycles. The smallest absolute Gasteiger partial charge is 0.303 e. The van der Waals surface area contributed by atoms with Crippen LogP contribution in [0.3, 0.4) is 0 Å². The molecule has 1 heterocycles. The van der Waals surface area contributed by atoms with Gasteiger partial charge in [-0.05, 0) is 18.2 Å². The van der Waals surface area contributed by atoms with E-state index in [1.165, 1.54) is 11.3 Å². The van der Waals surface area contributed by atoms with Gasteiger partial charge in [-0.15, -0.1) is 0 Å². The Balaban J connectivity index is 2.07. The predicted molar refractivity (Wildman–Crippen MR) is 72.8 cm³/mol. The second kappa shape index (κ2) is 5.45. The Hall–Kier alpha value is -1.47. The van der Waals surface area contributed by atoms with E-state index >= 15 is 0 Å². The van der Waals surface area contributed by atoms with Crippen molar-refractivity contribution in [3.05, 3.63) is 22.7 Å². The van der Waals surface area contributed by atoms with Gasteiger partial charge in [-0.2, -0.15) is 0 Å². The van der Waals surface area contributed by atoms with Crippen molar-refractivity contribution in [2.24, 2.45) is 0 Å². The fraction of sp³-hybridized carbons (Fsp3) is 0.182. The molecule has 0 bridgehead atoms. The molecule has 2 N–H and O–H groups in total. The van der Waals surface area contributed by atoms with E-state index in [1.807, 2.05) is 18.2 Å². The molecule has 0 saturated carbocycles. The Kier molecular flexibility index (Phi) is 3.93. The van der Waals surface area contributed by atoms with Crippen LogP contribution >= 0.6 is 27.3 Å². The molecular weight excluding hydrogens is 320 g/mol. The third kappa shape index (κ3) is 3.27. The first-order chi connectivity index (χ1) is 8.54. The first kappa shape index (κ1) is 13.0. The highest BCUT2D eigenvalue weighted by molar-refractivity contribution is 9.10. The maximum Gasteiger partial charge on any atom is 0.303 e. The largest absolute Gasteiger partial charge is 0.481 e. The summed E-state index contributed by atoms with van der Waals surface area (Å²) >= 11 is 4.71. The molecule has 0 saturated heterocycles. The molecule has 0 atom stereocenters. The minimum Gasteiger partial charge on any atom is -0.481 e. The summed E-state index contributed by atoms with van der Waals surface area (Å²) in [6.07, 6.45) is -0.225. The number of carboxylic acid groups (broad SMARTS) is 1. The fourth-order valence-corrected chi connectivity index (χ4v) is 2.79. The highest BCUT2D eigenvalue weighted by Gasteiger charge is 2.09. The van der Waals surface area contributed by atoms with E-state index in [0.717, 1.165) is 14.7 Å². The molecule has 0 aliphatic carbocycles. The van der Waals surface area contributed by atoms with Gasteiger partial charge in [0.15, 0.2) is 5.13 Å². The quantitative estimate of drug-likeness (QED) is 0.904. The average molecular weight is 329 g/mol. The van der Waals surface area contributed by atoms with E-state index < -0.39 is 5.97 Å². The van der Waals surface area contributed by atoms with Crippen LogP contribution < -0.4 is 5.32 Å². The predicted octanol–water partition coefficient (Wildman–Crippen LogP) is 2.86. The minimum absolute atomic E-state index is 0.0467. The molecule has 2 aromatic rings. The van der Waals surface area contributed by atoms with Gasteiger partial charge in [0.1, 0.15) is 0 Å². The SMILES string of the molecule is O=C(O)CCC(=O)Nc1nc2ccc(Br)cc2s1. The third-order valence-electron chi connectivity index (χ3n) is 2.16. The molecular formula is C11H9BrN2O3S. The highest BCUT2D eigenvalue weighted by Crippen LogP contribution is 2.28. The van der Waals surface area contributed by atoms with E-state index in [-0.39, 0.29) is 18.7 Å². The van der Waals surface area contributed by atoms with Crippen molar-refractivity contribution >= 4 is 54.5 Å². The molecule has 0 fully saturated rings. The second-order valence-electron chi connectivity index (χ2n) is 3.57. The number of amides is 1. The number of rotatable bonds is 4. The van der Waals surface area contributed by atoms with Crippen LogP contribution in [0.5, 0.6) is 0 Å². The minimum atomic E-state index is -0.988. The Labute approximate surface area is 115 Å². The first-order valence-electron chi connectivity index (χ1n) is 5.12. The number of hydrogen-bond donors (Lipinski definition) is 2. The van der Waals surface area contributed by atoms with Crippen LogP contribution in [-0.2, 0) is 9.59 Å². The lowest BCUT2D eigenvalue weighted by atomic mass is 10.3. The number of fused-ring (bicyclic) bond motifs is 1. The van der Waals surface area contributed by atoms with Gasteiger partial charge in [-0.1, -0.05) is 27.3 Å². The maximum absolute atomic E-state index is 11.4. The molecule has 0 aliphatic rings. The number of nitrogens with zero attached hydrogens (tertiary/aromatic N) is 1. The average Bonchev–Trinajstić information content (AvgIpc) is 2.67. The number of anilines is 1. The molecule has 7 heteroatoms. The summed E-state index contributed by atoms with van der Waals surface area (Å²) in [6.45, 7) is 0. The van der Waals surface area contributed by atoms with Crippen LogP contribution in [-0.4, -0.2) is 22.0 Å². The van der Waals surface area contributed by atoms with Crippen molar-refractivity contribution in [3.8, 4) is 0 Å². The van der Waals surface area contributed by atoms with E-state index in [4.69, 9.17) is 5.11 Å². The second-order valence-corrected chi connectivity index (χ2v) is 5.52. The molecule has 94 valence electrons. The molecule has 1 aromatic heterocycles. The standard InChI is InChI=1S/C11H9BrN2O3S/c12-6-1-2-7-8(5-6)18-11(13-7)14-9(15)3-4-10(16)17/h1-2,5H,3-4H2,(H,16,17)(H,13,14,15). The number of carbonyl (C=O) groups is 2. The summed E-state index contributed by atoms with van der Waals surface area (Å²) in [5.74, 6) is -1.33. The Bertz CT molecular complexity index is 611. The van der Waals surface area contributed by atoms with Gasteiger partial charge in [0.05, 0.1) is 16.6 Å². The number of hydrogen-bond acceptors (Lipinski definition) is 4. The van der Waals surface area contributed by atoms with Crippen LogP contribution in [0.4, 0.5) is 5.13 Å². The lowest BCUT2D eigenvalue weighted by Gasteiger charge is -1.98. The van der Waals surface area contributed by atoms with Gasteiger partial charge in [0.25, 0.3) is 0 Å². The van der Waals surface area contributed by atoms with Crippen molar-refractivity contribution in [1.29, 1.82) is 0 Å². The number of benzene rings is 1. The van der Waals surface area contributed by atoms with Crippen LogP contribution in [0.15, 0.2) is 22.7 Å². The molecule has 2 rings (SSSR count). The van der Waals surface area contributed by atoms with Crippen molar-refractivity contribution < 1.29 is 14.7 Å². The number of carboxylic acids is 1. The Morgan fingerprint density at radius 2 is 2.17 bits per heavy atom. The summed E-state index contributed by atoms with van der Waals surface area (Å²) in [5.41, 5.74) is 0.803. The molecule has 0 spiro atoms.